The summed E-state index contributed by atoms with van der Waals surface area (Å²) in [7, 11) is 0. The highest BCUT2D eigenvalue weighted by molar-refractivity contribution is 9.10. The number of nitrogens with one attached hydrogen (secondary N) is 2. The summed E-state index contributed by atoms with van der Waals surface area (Å²) in [5.41, 5.74) is 5.16. The summed E-state index contributed by atoms with van der Waals surface area (Å²) in [6.45, 7) is 2.65. The lowest BCUT2D eigenvalue weighted by atomic mass is 9.76. The lowest BCUT2D eigenvalue weighted by molar-refractivity contribution is -0.133. The first kappa shape index (κ1) is 30.1. The number of carbonyl (C=O) groups excluding carboxylic acids is 2. The first-order chi connectivity index (χ1) is 20.8. The van der Waals surface area contributed by atoms with E-state index < -0.39 is 0 Å². The van der Waals surface area contributed by atoms with Gasteiger partial charge in [0.15, 0.2) is 5.96 Å². The van der Waals surface area contributed by atoms with Gasteiger partial charge in [0.1, 0.15) is 0 Å². The zero-order valence-electron chi connectivity index (χ0n) is 23.8. The molecular formula is C33H34BrCl2N5O2. The number of guanidine groups is 1. The first-order valence-electron chi connectivity index (χ1n) is 14.9. The molecule has 7 nitrogen and oxygen atoms in total. The molecular weight excluding hydrogens is 649 g/mol. The van der Waals surface area contributed by atoms with Gasteiger partial charge in [-0.25, -0.2) is 0 Å². The summed E-state index contributed by atoms with van der Waals surface area (Å²) in [5.74, 6) is 0.490. The molecule has 2 fully saturated rings. The van der Waals surface area contributed by atoms with Gasteiger partial charge in [0.2, 0.25) is 5.91 Å². The van der Waals surface area contributed by atoms with Crippen molar-refractivity contribution < 1.29 is 9.59 Å². The quantitative estimate of drug-likeness (QED) is 0.237. The number of benzene rings is 2. The van der Waals surface area contributed by atoms with E-state index in [2.05, 4.69) is 27.3 Å². The van der Waals surface area contributed by atoms with Gasteiger partial charge in [0.05, 0.1) is 5.69 Å². The molecule has 0 bridgehead atoms. The minimum atomic E-state index is -0.292. The molecule has 0 spiro atoms. The molecule has 2 aliphatic heterocycles. The van der Waals surface area contributed by atoms with Crippen LogP contribution < -0.4 is 5.32 Å². The van der Waals surface area contributed by atoms with E-state index in [1.807, 2.05) is 34.2 Å². The summed E-state index contributed by atoms with van der Waals surface area (Å²) in [4.78, 5) is 34.6. The van der Waals surface area contributed by atoms with Gasteiger partial charge in [0, 0.05) is 64.8 Å². The van der Waals surface area contributed by atoms with E-state index >= 15 is 0 Å². The van der Waals surface area contributed by atoms with E-state index in [9.17, 15) is 9.59 Å². The highest BCUT2D eigenvalue weighted by atomic mass is 79.9. The summed E-state index contributed by atoms with van der Waals surface area (Å²) in [6.07, 6.45) is 6.64. The monoisotopic (exact) mass is 681 g/mol. The van der Waals surface area contributed by atoms with Gasteiger partial charge in [-0.1, -0.05) is 41.4 Å². The third-order valence-corrected chi connectivity index (χ3v) is 10.1. The van der Waals surface area contributed by atoms with Crippen LogP contribution in [-0.4, -0.2) is 58.7 Å². The zero-order chi connectivity index (χ0) is 30.1. The van der Waals surface area contributed by atoms with Crippen LogP contribution >= 0.6 is 39.1 Å². The van der Waals surface area contributed by atoms with Crippen LogP contribution in [0.1, 0.15) is 64.3 Å². The second-order valence-corrected chi connectivity index (χ2v) is 13.6. The Labute approximate surface area is 270 Å². The number of hydrogen-bond donors (Lipinski definition) is 2. The van der Waals surface area contributed by atoms with E-state index in [1.165, 1.54) is 11.1 Å². The van der Waals surface area contributed by atoms with Crippen molar-refractivity contribution in [2.45, 2.75) is 44.4 Å². The Balaban J connectivity index is 1.08. The van der Waals surface area contributed by atoms with Gasteiger partial charge >= 0.3 is 0 Å². The van der Waals surface area contributed by atoms with Crippen molar-refractivity contribution in [3.63, 3.8) is 0 Å². The molecule has 3 aliphatic rings. The second kappa shape index (κ2) is 13.0. The second-order valence-electron chi connectivity index (χ2n) is 11.8. The summed E-state index contributed by atoms with van der Waals surface area (Å²) in [6, 6.07) is 15.0. The van der Waals surface area contributed by atoms with Crippen LogP contribution in [0.25, 0.3) is 0 Å². The van der Waals surface area contributed by atoms with Gasteiger partial charge in [0.25, 0.3) is 5.91 Å². The molecule has 43 heavy (non-hydrogen) atoms. The van der Waals surface area contributed by atoms with Crippen LogP contribution in [0.4, 0.5) is 0 Å². The molecule has 0 radical (unpaired) electrons. The molecule has 3 aromatic rings. The standard InChI is InChI=1S/C33H34BrCl2N5O2/c34-25-15-24-7-6-23-16-26(35)17-27(36)29(23)30(31(24)38-18-25)21-9-12-40(13-10-21)28(42)14-20-8-11-41(19-20)33(37)39-32(43)22-4-2-1-3-5-22/h1-5,15-18,20-21,30H,6-14,19H2,(H2,37,39,43). The number of carbonyl (C=O) groups is 2. The molecule has 2 atom stereocenters. The molecule has 6 rings (SSSR count). The summed E-state index contributed by atoms with van der Waals surface area (Å²) < 4.78 is 0.972. The molecule has 1 aliphatic carbocycles. The average molecular weight is 683 g/mol. The number of pyridine rings is 1. The fourth-order valence-corrected chi connectivity index (χ4v) is 7.97. The van der Waals surface area contributed by atoms with Crippen molar-refractivity contribution >= 4 is 56.9 Å². The normalized spacial score (nSPS) is 20.3. The van der Waals surface area contributed by atoms with Crippen molar-refractivity contribution in [1.29, 1.82) is 5.41 Å². The lowest BCUT2D eigenvalue weighted by Crippen LogP contribution is -2.43. The topological polar surface area (TPSA) is 89.4 Å². The van der Waals surface area contributed by atoms with Gasteiger partial charge < -0.3 is 9.80 Å². The van der Waals surface area contributed by atoms with Crippen molar-refractivity contribution in [2.24, 2.45) is 11.8 Å². The number of fused-ring (bicyclic) bond motifs is 2. The number of piperidine rings is 1. The Morgan fingerprint density at radius 2 is 1.70 bits per heavy atom. The zero-order valence-corrected chi connectivity index (χ0v) is 26.9. The fourth-order valence-electron chi connectivity index (χ4n) is 6.94. The molecule has 2 saturated heterocycles. The number of rotatable bonds is 4. The van der Waals surface area contributed by atoms with Crippen LogP contribution in [-0.2, 0) is 17.6 Å². The smallest absolute Gasteiger partial charge is 0.257 e. The third kappa shape index (κ3) is 6.61. The van der Waals surface area contributed by atoms with Crippen LogP contribution in [0.3, 0.4) is 0 Å². The molecule has 1 aromatic heterocycles. The Bertz CT molecular complexity index is 1540. The Morgan fingerprint density at radius 3 is 2.47 bits per heavy atom. The number of nitrogens with zero attached hydrogens (tertiary/aromatic N) is 3. The number of hydrogen-bond acceptors (Lipinski definition) is 4. The van der Waals surface area contributed by atoms with Gasteiger partial charge in [-0.05, 0) is 107 Å². The maximum absolute atomic E-state index is 13.4. The van der Waals surface area contributed by atoms with Crippen molar-refractivity contribution in [3.8, 4) is 0 Å². The Kier molecular flexibility index (Phi) is 9.08. The Hall–Kier alpha value is -2.94. The minimum absolute atomic E-state index is 0.0584. The minimum Gasteiger partial charge on any atom is -0.343 e. The number of aromatic nitrogens is 1. The lowest BCUT2D eigenvalue weighted by Gasteiger charge is -2.37. The van der Waals surface area contributed by atoms with Crippen LogP contribution in [0.5, 0.6) is 0 Å². The molecule has 224 valence electrons. The van der Waals surface area contributed by atoms with E-state index in [-0.39, 0.29) is 29.6 Å². The predicted octanol–water partition coefficient (Wildman–Crippen LogP) is 6.70. The van der Waals surface area contributed by atoms with E-state index in [1.54, 1.807) is 24.3 Å². The molecule has 0 saturated carbocycles. The summed E-state index contributed by atoms with van der Waals surface area (Å²) in [5, 5.41) is 12.4. The van der Waals surface area contributed by atoms with Crippen LogP contribution in [0.15, 0.2) is 59.2 Å². The number of halogens is 3. The van der Waals surface area contributed by atoms with Crippen molar-refractivity contribution in [3.05, 3.63) is 97.2 Å². The Morgan fingerprint density at radius 1 is 0.977 bits per heavy atom. The maximum atomic E-state index is 13.4. The molecule has 3 heterocycles. The molecule has 2 N–H and O–H groups in total. The number of aryl methyl sites for hydroxylation is 2. The van der Waals surface area contributed by atoms with Crippen molar-refractivity contribution in [1.82, 2.24) is 20.1 Å². The predicted molar refractivity (Wildman–Crippen MR) is 173 cm³/mol. The van der Waals surface area contributed by atoms with E-state index in [0.29, 0.717) is 54.1 Å². The highest BCUT2D eigenvalue weighted by Crippen LogP contribution is 2.46. The number of amides is 2. The van der Waals surface area contributed by atoms with Crippen LogP contribution in [0, 0.1) is 17.2 Å². The summed E-state index contributed by atoms with van der Waals surface area (Å²) >= 11 is 16.9. The van der Waals surface area contributed by atoms with Gasteiger partial charge in [-0.2, -0.15) is 0 Å². The molecule has 2 aromatic carbocycles. The molecule has 2 amide bonds. The van der Waals surface area contributed by atoms with Crippen LogP contribution in [0.2, 0.25) is 10.0 Å². The maximum Gasteiger partial charge on any atom is 0.257 e. The third-order valence-electron chi connectivity index (χ3n) is 9.11. The fraction of sp³-hybridized carbons (Fsp3) is 0.394. The van der Waals surface area contributed by atoms with Gasteiger partial charge in [-0.3, -0.25) is 25.3 Å². The van der Waals surface area contributed by atoms with E-state index in [4.69, 9.17) is 33.6 Å². The largest absolute Gasteiger partial charge is 0.343 e. The first-order valence-corrected chi connectivity index (χ1v) is 16.4. The van der Waals surface area contributed by atoms with Gasteiger partial charge in [-0.15, -0.1) is 0 Å². The highest BCUT2D eigenvalue weighted by Gasteiger charge is 2.37. The molecule has 2 unspecified atom stereocenters. The van der Waals surface area contributed by atoms with Crippen molar-refractivity contribution in [2.75, 3.05) is 26.2 Å². The molecule has 10 heteroatoms. The SMILES string of the molecule is N=C(NC(=O)c1ccccc1)N1CCC(CC(=O)N2CCC(C3c4ncc(Br)cc4CCc4cc(Cl)cc(Cl)c43)CC2)C1. The average Bonchev–Trinajstić information content (AvgIpc) is 3.40. The van der Waals surface area contributed by atoms with E-state index in [0.717, 1.165) is 47.8 Å². The number of likely N-dealkylation sites (tertiary alicyclic amines) is 2.